The molecule has 17 heavy (non-hydrogen) atoms. The first-order valence-corrected chi connectivity index (χ1v) is 6.66. The van der Waals surface area contributed by atoms with Crippen LogP contribution in [0.2, 0.25) is 0 Å². The lowest BCUT2D eigenvalue weighted by molar-refractivity contribution is 0.107. The van der Waals surface area contributed by atoms with Crippen molar-refractivity contribution in [1.82, 2.24) is 0 Å². The number of benzene rings is 2. The molecule has 82 valence electrons. The van der Waals surface area contributed by atoms with Gasteiger partial charge in [-0.3, -0.25) is 9.59 Å². The van der Waals surface area contributed by atoms with Gasteiger partial charge in [0.15, 0.2) is 11.0 Å². The van der Waals surface area contributed by atoms with Crippen LogP contribution in [0.3, 0.4) is 0 Å². The summed E-state index contributed by atoms with van der Waals surface area (Å²) in [4.78, 5) is 24.4. The molecule has 1 heterocycles. The van der Waals surface area contributed by atoms with Gasteiger partial charge in [0.2, 0.25) is 0 Å². The summed E-state index contributed by atoms with van der Waals surface area (Å²) in [6.45, 7) is 0. The summed E-state index contributed by atoms with van der Waals surface area (Å²) < 4.78 is 0. The molecule has 0 saturated carbocycles. The van der Waals surface area contributed by atoms with Crippen LogP contribution in [0.1, 0.15) is 20.7 Å². The Kier molecular flexibility index (Phi) is 2.38. The van der Waals surface area contributed by atoms with Crippen molar-refractivity contribution >= 4 is 24.3 Å². The molecular weight excluding hydrogens is 231 g/mol. The molecule has 2 aromatic rings. The highest BCUT2D eigenvalue weighted by Gasteiger charge is 2.38. The quantitative estimate of drug-likeness (QED) is 0.718. The Morgan fingerprint density at radius 2 is 1.12 bits per heavy atom. The minimum atomic E-state index is -1.37. The number of rotatable bonds is 1. The summed E-state index contributed by atoms with van der Waals surface area (Å²) in [5.41, 5.74) is 1.11. The van der Waals surface area contributed by atoms with Crippen molar-refractivity contribution in [1.29, 1.82) is 0 Å². The van der Waals surface area contributed by atoms with Crippen LogP contribution in [0.4, 0.5) is 0 Å². The van der Waals surface area contributed by atoms with Gasteiger partial charge in [-0.05, 0) is 5.30 Å². The maximum Gasteiger partial charge on any atom is 0.197 e. The van der Waals surface area contributed by atoms with E-state index in [1.54, 1.807) is 24.3 Å². The SMILES string of the molecule is O=C1c2ccccc2C(=O)P1c1ccccc1. The second-order valence-corrected chi connectivity index (χ2v) is 5.83. The van der Waals surface area contributed by atoms with Gasteiger partial charge in [0.05, 0.1) is 7.92 Å². The van der Waals surface area contributed by atoms with Gasteiger partial charge in [-0.2, -0.15) is 0 Å². The zero-order valence-corrected chi connectivity index (χ0v) is 9.85. The average Bonchev–Trinajstić information content (AvgIpc) is 2.64. The van der Waals surface area contributed by atoms with Gasteiger partial charge in [-0.1, -0.05) is 54.6 Å². The van der Waals surface area contributed by atoms with Crippen LogP contribution in [0.5, 0.6) is 0 Å². The van der Waals surface area contributed by atoms with Crippen molar-refractivity contribution in [2.75, 3.05) is 0 Å². The molecule has 1 aliphatic heterocycles. The van der Waals surface area contributed by atoms with Crippen LogP contribution < -0.4 is 5.30 Å². The van der Waals surface area contributed by atoms with Crippen molar-refractivity contribution in [3.8, 4) is 0 Å². The Labute approximate surface area is 100 Å². The Bertz CT molecular complexity index is 570. The van der Waals surface area contributed by atoms with Gasteiger partial charge in [0.25, 0.3) is 0 Å². The van der Waals surface area contributed by atoms with Crippen LogP contribution in [0.15, 0.2) is 54.6 Å². The van der Waals surface area contributed by atoms with Gasteiger partial charge in [-0.15, -0.1) is 0 Å². The molecule has 3 heteroatoms. The summed E-state index contributed by atoms with van der Waals surface area (Å²) in [5.74, 6) is 0. The van der Waals surface area contributed by atoms with E-state index in [0.717, 1.165) is 5.30 Å². The molecule has 0 unspecified atom stereocenters. The average molecular weight is 240 g/mol. The van der Waals surface area contributed by atoms with E-state index in [1.165, 1.54) is 0 Å². The van der Waals surface area contributed by atoms with E-state index in [4.69, 9.17) is 0 Å². The van der Waals surface area contributed by atoms with E-state index in [0.29, 0.717) is 11.1 Å². The van der Waals surface area contributed by atoms with E-state index in [-0.39, 0.29) is 11.0 Å². The van der Waals surface area contributed by atoms with E-state index in [9.17, 15) is 9.59 Å². The third-order valence-corrected chi connectivity index (χ3v) is 4.92. The summed E-state index contributed by atoms with van der Waals surface area (Å²) in [6, 6.07) is 16.4. The van der Waals surface area contributed by atoms with Gasteiger partial charge in [-0.25, -0.2) is 0 Å². The lowest BCUT2D eigenvalue weighted by Gasteiger charge is -2.06. The topological polar surface area (TPSA) is 34.1 Å². The van der Waals surface area contributed by atoms with E-state index in [1.807, 2.05) is 30.3 Å². The Balaban J connectivity index is 2.13. The highest BCUT2D eigenvalue weighted by molar-refractivity contribution is 7.97. The molecule has 2 nitrogen and oxygen atoms in total. The second kappa shape index (κ2) is 3.90. The molecule has 0 spiro atoms. The highest BCUT2D eigenvalue weighted by atomic mass is 31.1. The molecule has 0 amide bonds. The van der Waals surface area contributed by atoms with E-state index < -0.39 is 7.92 Å². The predicted octanol–water partition coefficient (Wildman–Crippen LogP) is 2.79. The van der Waals surface area contributed by atoms with Gasteiger partial charge < -0.3 is 0 Å². The summed E-state index contributed by atoms with van der Waals surface area (Å²) in [7, 11) is -1.37. The molecule has 0 atom stereocenters. The lowest BCUT2D eigenvalue weighted by Crippen LogP contribution is -2.07. The first-order valence-electron chi connectivity index (χ1n) is 5.32. The summed E-state index contributed by atoms with van der Waals surface area (Å²) in [6.07, 6.45) is 0. The number of fused-ring (bicyclic) bond motifs is 1. The third-order valence-electron chi connectivity index (χ3n) is 2.81. The molecule has 1 aliphatic rings. The maximum atomic E-state index is 12.2. The zero-order chi connectivity index (χ0) is 11.8. The van der Waals surface area contributed by atoms with Gasteiger partial charge in [0, 0.05) is 11.1 Å². The number of hydrogen-bond acceptors (Lipinski definition) is 2. The van der Waals surface area contributed by atoms with Crippen molar-refractivity contribution < 1.29 is 9.59 Å². The minimum Gasteiger partial charge on any atom is -0.288 e. The summed E-state index contributed by atoms with van der Waals surface area (Å²) in [5, 5.41) is 0.841. The first-order chi connectivity index (χ1) is 8.29. The van der Waals surface area contributed by atoms with Crippen LogP contribution in [0, 0.1) is 0 Å². The fourth-order valence-electron chi connectivity index (χ4n) is 2.00. The largest absolute Gasteiger partial charge is 0.288 e. The first kappa shape index (κ1) is 10.4. The lowest BCUT2D eigenvalue weighted by atomic mass is 10.1. The number of carbonyl (C=O) groups is 2. The van der Waals surface area contributed by atoms with Crippen molar-refractivity contribution in [3.63, 3.8) is 0 Å². The number of hydrogen-bond donors (Lipinski definition) is 0. The molecule has 0 aromatic heterocycles. The smallest absolute Gasteiger partial charge is 0.197 e. The molecule has 2 aromatic carbocycles. The standard InChI is InChI=1S/C14H9O2P/c15-13-11-8-4-5-9-12(11)14(16)17(13)10-6-2-1-3-7-10/h1-9H. The predicted molar refractivity (Wildman–Crippen MR) is 68.1 cm³/mol. The van der Waals surface area contributed by atoms with Gasteiger partial charge >= 0.3 is 0 Å². The van der Waals surface area contributed by atoms with Crippen LogP contribution >= 0.6 is 7.92 Å². The minimum absolute atomic E-state index is 0.0215. The third kappa shape index (κ3) is 1.53. The Morgan fingerprint density at radius 1 is 0.647 bits per heavy atom. The molecule has 0 saturated heterocycles. The Morgan fingerprint density at radius 3 is 1.65 bits per heavy atom. The van der Waals surface area contributed by atoms with Crippen molar-refractivity contribution in [2.24, 2.45) is 0 Å². The van der Waals surface area contributed by atoms with Crippen LogP contribution in [-0.2, 0) is 0 Å². The van der Waals surface area contributed by atoms with Crippen molar-refractivity contribution in [3.05, 3.63) is 65.7 Å². The molecule has 0 radical (unpaired) electrons. The number of carbonyl (C=O) groups excluding carboxylic acids is 2. The maximum absolute atomic E-state index is 12.2. The van der Waals surface area contributed by atoms with E-state index >= 15 is 0 Å². The van der Waals surface area contributed by atoms with Crippen LogP contribution in [0.25, 0.3) is 0 Å². The highest BCUT2D eigenvalue weighted by Crippen LogP contribution is 2.48. The molecule has 0 N–H and O–H groups in total. The fraction of sp³-hybridized carbons (Fsp3) is 0. The van der Waals surface area contributed by atoms with Crippen molar-refractivity contribution in [2.45, 2.75) is 0 Å². The molecule has 0 bridgehead atoms. The Hall–Kier alpha value is -1.79. The fourth-order valence-corrected chi connectivity index (χ4v) is 4.00. The van der Waals surface area contributed by atoms with Crippen LogP contribution in [-0.4, -0.2) is 11.0 Å². The summed E-state index contributed by atoms with van der Waals surface area (Å²) >= 11 is 0. The molecular formula is C14H9O2P. The molecule has 0 aliphatic carbocycles. The zero-order valence-electron chi connectivity index (χ0n) is 8.96. The molecule has 3 rings (SSSR count). The normalized spacial score (nSPS) is 15.1. The van der Waals surface area contributed by atoms with E-state index in [2.05, 4.69) is 0 Å². The monoisotopic (exact) mass is 240 g/mol. The second-order valence-electron chi connectivity index (χ2n) is 3.83. The van der Waals surface area contributed by atoms with Gasteiger partial charge in [0.1, 0.15) is 0 Å². The molecule has 0 fully saturated rings.